The average Bonchev–Trinajstić information content (AvgIpc) is 1.61. The monoisotopic (exact) mass is 151 g/mol. The molecule has 0 saturated carbocycles. The van der Waals surface area contributed by atoms with Crippen LogP contribution in [0.15, 0.2) is 0 Å². The summed E-state index contributed by atoms with van der Waals surface area (Å²) in [5.74, 6) is 0. The van der Waals surface area contributed by atoms with Crippen molar-refractivity contribution >= 4 is 10.1 Å². The van der Waals surface area contributed by atoms with Crippen molar-refractivity contribution in [3.63, 3.8) is 0 Å². The molecule has 0 aromatic carbocycles. The third kappa shape index (κ3) is 1350. The molecule has 0 bridgehead atoms. The Balaban J connectivity index is 0. The minimum absolute atomic E-state index is 0.625. The maximum Gasteiger partial charge on any atom is 0.261 e. The zero-order valence-electron chi connectivity index (χ0n) is 5.33. The Morgan fingerprint density at radius 1 is 1.67 bits per heavy atom. The SMILES string of the molecule is CCC#N.CS(=O)(=O)O. The molecule has 0 aliphatic heterocycles. The minimum atomic E-state index is -3.67. The second-order valence-electron chi connectivity index (χ2n) is 1.24. The summed E-state index contributed by atoms with van der Waals surface area (Å²) in [4.78, 5) is 0. The van der Waals surface area contributed by atoms with Crippen molar-refractivity contribution in [2.75, 3.05) is 6.26 Å². The van der Waals surface area contributed by atoms with Crippen molar-refractivity contribution in [3.05, 3.63) is 0 Å². The van der Waals surface area contributed by atoms with Crippen molar-refractivity contribution in [2.45, 2.75) is 13.3 Å². The molecule has 0 saturated heterocycles. The van der Waals surface area contributed by atoms with Gasteiger partial charge >= 0.3 is 0 Å². The summed E-state index contributed by atoms with van der Waals surface area (Å²) in [7, 11) is -3.67. The predicted octanol–water partition coefficient (Wildman–Crippen LogP) is 0.424. The molecule has 5 heteroatoms. The zero-order valence-corrected chi connectivity index (χ0v) is 6.14. The standard InChI is InChI=1S/C3H5N.CH4O3S/c1-2-3-4;1-5(2,3)4/h2H2,1H3;1H3,(H,2,3,4). The number of hydrogen-bond donors (Lipinski definition) is 1. The van der Waals surface area contributed by atoms with Gasteiger partial charge in [0.2, 0.25) is 0 Å². The molecule has 0 aliphatic carbocycles. The number of hydrogen-bond acceptors (Lipinski definition) is 3. The summed E-state index contributed by atoms with van der Waals surface area (Å²) >= 11 is 0. The van der Waals surface area contributed by atoms with E-state index in [0.29, 0.717) is 12.7 Å². The molecule has 4 nitrogen and oxygen atoms in total. The lowest BCUT2D eigenvalue weighted by Gasteiger charge is -1.69. The number of nitriles is 1. The molecule has 0 atom stereocenters. The molecule has 0 spiro atoms. The largest absolute Gasteiger partial charge is 0.286 e. The minimum Gasteiger partial charge on any atom is -0.286 e. The van der Waals surface area contributed by atoms with E-state index in [1.807, 2.05) is 13.0 Å². The molecule has 0 aliphatic rings. The Bertz CT molecular complexity index is 168. The zero-order chi connectivity index (χ0) is 7.91. The molecule has 54 valence electrons. The van der Waals surface area contributed by atoms with Gasteiger partial charge in [-0.05, 0) is 0 Å². The van der Waals surface area contributed by atoms with Gasteiger partial charge in [-0.15, -0.1) is 0 Å². The van der Waals surface area contributed by atoms with Gasteiger partial charge in [0.15, 0.2) is 0 Å². The second-order valence-corrected chi connectivity index (χ2v) is 2.71. The van der Waals surface area contributed by atoms with Gasteiger partial charge in [0.25, 0.3) is 10.1 Å². The third-order valence-electron chi connectivity index (χ3n) is 0.158. The van der Waals surface area contributed by atoms with E-state index in [-0.39, 0.29) is 0 Å². The van der Waals surface area contributed by atoms with Crippen LogP contribution >= 0.6 is 0 Å². The van der Waals surface area contributed by atoms with E-state index in [9.17, 15) is 8.42 Å². The molecule has 0 aromatic heterocycles. The third-order valence-corrected chi connectivity index (χ3v) is 0.158. The molecule has 0 unspecified atom stereocenters. The highest BCUT2D eigenvalue weighted by Gasteiger charge is 1.81. The fraction of sp³-hybridized carbons (Fsp3) is 0.750. The summed E-state index contributed by atoms with van der Waals surface area (Å²) in [6.07, 6.45) is 1.34. The van der Waals surface area contributed by atoms with E-state index in [1.54, 1.807) is 0 Å². The average molecular weight is 151 g/mol. The Hall–Kier alpha value is -0.600. The van der Waals surface area contributed by atoms with Crippen LogP contribution in [-0.4, -0.2) is 19.2 Å². The maximum absolute atomic E-state index is 9.19. The highest BCUT2D eigenvalue weighted by molar-refractivity contribution is 7.85. The molecular weight excluding hydrogens is 142 g/mol. The van der Waals surface area contributed by atoms with Gasteiger partial charge in [0.1, 0.15) is 0 Å². The first-order chi connectivity index (χ1) is 3.91. The van der Waals surface area contributed by atoms with Crippen LogP contribution in [0.4, 0.5) is 0 Å². The van der Waals surface area contributed by atoms with Gasteiger partial charge in [0.05, 0.1) is 12.3 Å². The summed E-state index contributed by atoms with van der Waals surface area (Å²) in [6, 6.07) is 1.93. The lowest BCUT2D eigenvalue weighted by atomic mass is 10.6. The van der Waals surface area contributed by atoms with E-state index in [2.05, 4.69) is 0 Å². The summed E-state index contributed by atoms with van der Waals surface area (Å²) < 4.78 is 25.9. The van der Waals surface area contributed by atoms with Crippen LogP contribution in [-0.2, 0) is 10.1 Å². The van der Waals surface area contributed by atoms with Gasteiger partial charge in [-0.3, -0.25) is 4.55 Å². The van der Waals surface area contributed by atoms with Gasteiger partial charge in [-0.1, -0.05) is 6.92 Å². The quantitative estimate of drug-likeness (QED) is 0.509. The smallest absolute Gasteiger partial charge is 0.261 e. The van der Waals surface area contributed by atoms with E-state index in [4.69, 9.17) is 9.81 Å². The van der Waals surface area contributed by atoms with Crippen LogP contribution in [0.2, 0.25) is 0 Å². The first-order valence-corrected chi connectivity index (χ1v) is 4.06. The molecule has 0 rings (SSSR count). The molecule has 0 heterocycles. The van der Waals surface area contributed by atoms with E-state index in [0.717, 1.165) is 0 Å². The molecule has 0 amide bonds. The predicted molar refractivity (Wildman–Crippen MR) is 33.4 cm³/mol. The molecule has 0 aromatic rings. The van der Waals surface area contributed by atoms with Crippen LogP contribution in [0.25, 0.3) is 0 Å². The fourth-order valence-corrected chi connectivity index (χ4v) is 0. The maximum atomic E-state index is 9.19. The van der Waals surface area contributed by atoms with E-state index >= 15 is 0 Å². The van der Waals surface area contributed by atoms with Crippen LogP contribution < -0.4 is 0 Å². The van der Waals surface area contributed by atoms with Gasteiger partial charge < -0.3 is 0 Å². The Morgan fingerprint density at radius 2 is 1.78 bits per heavy atom. The van der Waals surface area contributed by atoms with Gasteiger partial charge in [-0.2, -0.15) is 13.7 Å². The molecular formula is C4H9NO3S. The molecule has 0 radical (unpaired) electrons. The van der Waals surface area contributed by atoms with Crippen molar-refractivity contribution in [3.8, 4) is 6.07 Å². The Morgan fingerprint density at radius 3 is 1.78 bits per heavy atom. The summed E-state index contributed by atoms with van der Waals surface area (Å²) in [5.41, 5.74) is 0. The molecule has 9 heavy (non-hydrogen) atoms. The Labute approximate surface area is 54.9 Å². The van der Waals surface area contributed by atoms with Crippen molar-refractivity contribution < 1.29 is 13.0 Å². The number of rotatable bonds is 0. The van der Waals surface area contributed by atoms with Gasteiger partial charge in [-0.25, -0.2) is 0 Å². The molecule has 0 fully saturated rings. The van der Waals surface area contributed by atoms with Crippen molar-refractivity contribution in [1.82, 2.24) is 0 Å². The second kappa shape index (κ2) is 5.54. The first kappa shape index (κ1) is 11.2. The van der Waals surface area contributed by atoms with Crippen molar-refractivity contribution in [2.24, 2.45) is 0 Å². The highest BCUT2D eigenvalue weighted by atomic mass is 32.2. The van der Waals surface area contributed by atoms with Crippen LogP contribution in [0.5, 0.6) is 0 Å². The summed E-state index contributed by atoms with van der Waals surface area (Å²) in [6.45, 7) is 1.82. The van der Waals surface area contributed by atoms with Crippen molar-refractivity contribution in [1.29, 1.82) is 5.26 Å². The Kier molecular flexibility index (Phi) is 6.91. The topological polar surface area (TPSA) is 78.2 Å². The normalized spacial score (nSPS) is 8.67. The van der Waals surface area contributed by atoms with Crippen LogP contribution in [0.1, 0.15) is 13.3 Å². The van der Waals surface area contributed by atoms with Crippen LogP contribution in [0, 0.1) is 11.3 Å². The summed E-state index contributed by atoms with van der Waals surface area (Å²) in [5, 5.41) is 7.62. The first-order valence-electron chi connectivity index (χ1n) is 2.21. The lowest BCUT2D eigenvalue weighted by molar-refractivity contribution is 0.490. The lowest BCUT2D eigenvalue weighted by Crippen LogP contribution is -1.88. The van der Waals surface area contributed by atoms with Gasteiger partial charge in [0, 0.05) is 6.42 Å². The highest BCUT2D eigenvalue weighted by Crippen LogP contribution is 1.60. The fourth-order valence-electron chi connectivity index (χ4n) is 0. The van der Waals surface area contributed by atoms with Crippen LogP contribution in [0.3, 0.4) is 0 Å². The number of nitrogens with zero attached hydrogens (tertiary/aromatic N) is 1. The van der Waals surface area contributed by atoms with E-state index in [1.165, 1.54) is 0 Å². The molecule has 1 N–H and O–H groups in total. The van der Waals surface area contributed by atoms with E-state index < -0.39 is 10.1 Å².